The average Bonchev–Trinajstić information content (AvgIpc) is 3.46. The molecule has 5 aromatic rings. The van der Waals surface area contributed by atoms with Crippen molar-refractivity contribution >= 4 is 22.7 Å². The minimum Gasteiger partial charge on any atom is -0.436 e. The molecule has 32 heavy (non-hydrogen) atoms. The Morgan fingerprint density at radius 2 is 1.75 bits per heavy atom. The maximum absolute atomic E-state index is 12.3. The highest BCUT2D eigenvalue weighted by Crippen LogP contribution is 2.26. The molecule has 5 rings (SSSR count). The molecule has 0 saturated carbocycles. The molecule has 0 atom stereocenters. The first-order chi connectivity index (χ1) is 15.6. The number of nitrogens with zero attached hydrogens (tertiary/aromatic N) is 3. The van der Waals surface area contributed by atoms with Crippen molar-refractivity contribution in [3.63, 3.8) is 0 Å². The molecule has 0 aliphatic heterocycles. The fourth-order valence-corrected chi connectivity index (χ4v) is 3.36. The summed E-state index contributed by atoms with van der Waals surface area (Å²) in [4.78, 5) is 21.2. The van der Waals surface area contributed by atoms with Gasteiger partial charge in [-0.15, -0.1) is 0 Å². The number of anilines is 1. The van der Waals surface area contributed by atoms with E-state index in [1.165, 1.54) is 0 Å². The van der Waals surface area contributed by atoms with Gasteiger partial charge in [-0.1, -0.05) is 41.6 Å². The molecule has 1 N–H and O–H groups in total. The first-order valence-corrected chi connectivity index (χ1v) is 10.3. The largest absolute Gasteiger partial charge is 0.436 e. The van der Waals surface area contributed by atoms with Crippen LogP contribution in [0.15, 0.2) is 81.7 Å². The van der Waals surface area contributed by atoms with Crippen molar-refractivity contribution in [2.45, 2.75) is 19.8 Å². The zero-order valence-electron chi connectivity index (χ0n) is 17.4. The molecule has 0 bridgehead atoms. The summed E-state index contributed by atoms with van der Waals surface area (Å²) in [6.45, 7) is 2.02. The molecule has 3 aromatic carbocycles. The Morgan fingerprint density at radius 1 is 0.938 bits per heavy atom. The van der Waals surface area contributed by atoms with Gasteiger partial charge in [0.05, 0.1) is 0 Å². The van der Waals surface area contributed by atoms with Gasteiger partial charge in [0.1, 0.15) is 5.52 Å². The molecule has 0 aliphatic carbocycles. The number of carbonyl (C=O) groups is 1. The molecular formula is C25H20N4O3. The lowest BCUT2D eigenvalue weighted by Crippen LogP contribution is -2.12. The number of oxazole rings is 1. The van der Waals surface area contributed by atoms with Crippen LogP contribution in [-0.2, 0) is 11.2 Å². The second-order valence-corrected chi connectivity index (χ2v) is 7.49. The fourth-order valence-electron chi connectivity index (χ4n) is 3.36. The quantitative estimate of drug-likeness (QED) is 0.391. The van der Waals surface area contributed by atoms with E-state index in [4.69, 9.17) is 8.94 Å². The summed E-state index contributed by atoms with van der Waals surface area (Å²) in [5.41, 5.74) is 5.12. The fraction of sp³-hybridized carbons (Fsp3) is 0.120. The van der Waals surface area contributed by atoms with E-state index in [9.17, 15) is 4.79 Å². The lowest BCUT2D eigenvalue weighted by Gasteiger charge is -2.04. The summed E-state index contributed by atoms with van der Waals surface area (Å²) in [6.07, 6.45) is 0.606. The molecule has 0 radical (unpaired) electrons. The van der Waals surface area contributed by atoms with Crippen LogP contribution in [0.4, 0.5) is 5.69 Å². The standard InChI is InChI=1S/C25H20N4O3/c1-16-7-12-21-20(15-16)27-25(31-21)18-8-10-19(11-9-18)26-22(30)13-14-23-28-24(29-32-23)17-5-3-2-4-6-17/h2-12,15H,13-14H2,1H3,(H,26,30). The van der Waals surface area contributed by atoms with Gasteiger partial charge < -0.3 is 14.3 Å². The summed E-state index contributed by atoms with van der Waals surface area (Å²) in [5.74, 6) is 1.37. The van der Waals surface area contributed by atoms with Crippen LogP contribution in [0.2, 0.25) is 0 Å². The molecule has 0 spiro atoms. The van der Waals surface area contributed by atoms with Gasteiger partial charge in [-0.25, -0.2) is 4.98 Å². The highest BCUT2D eigenvalue weighted by molar-refractivity contribution is 5.91. The number of nitrogens with one attached hydrogen (secondary N) is 1. The molecule has 0 saturated heterocycles. The minimum atomic E-state index is -0.130. The second kappa shape index (κ2) is 8.47. The van der Waals surface area contributed by atoms with Crippen LogP contribution in [0.3, 0.4) is 0 Å². The van der Waals surface area contributed by atoms with Crippen LogP contribution in [0.25, 0.3) is 33.9 Å². The zero-order valence-corrected chi connectivity index (χ0v) is 17.4. The van der Waals surface area contributed by atoms with Crippen LogP contribution < -0.4 is 5.32 Å². The normalized spacial score (nSPS) is 11.0. The number of aromatic nitrogens is 3. The number of aryl methyl sites for hydroxylation is 2. The second-order valence-electron chi connectivity index (χ2n) is 7.49. The van der Waals surface area contributed by atoms with E-state index in [2.05, 4.69) is 20.4 Å². The van der Waals surface area contributed by atoms with Crippen molar-refractivity contribution in [3.05, 3.63) is 84.3 Å². The van der Waals surface area contributed by atoms with E-state index >= 15 is 0 Å². The van der Waals surface area contributed by atoms with Gasteiger partial charge in [-0.2, -0.15) is 4.98 Å². The van der Waals surface area contributed by atoms with E-state index in [0.717, 1.165) is 27.8 Å². The van der Waals surface area contributed by atoms with E-state index in [1.54, 1.807) is 0 Å². The number of carbonyl (C=O) groups excluding carboxylic acids is 1. The lowest BCUT2D eigenvalue weighted by atomic mass is 10.2. The molecule has 7 heteroatoms. The summed E-state index contributed by atoms with van der Waals surface area (Å²) < 4.78 is 11.1. The third-order valence-electron chi connectivity index (χ3n) is 5.02. The third-order valence-corrected chi connectivity index (χ3v) is 5.02. The first kappa shape index (κ1) is 19.7. The molecule has 0 unspecified atom stereocenters. The van der Waals surface area contributed by atoms with Gasteiger partial charge in [0, 0.05) is 29.7 Å². The van der Waals surface area contributed by atoms with E-state index in [1.807, 2.05) is 79.7 Å². The summed E-state index contributed by atoms with van der Waals surface area (Å²) in [6, 6.07) is 22.9. The van der Waals surface area contributed by atoms with Crippen molar-refractivity contribution in [3.8, 4) is 22.8 Å². The Morgan fingerprint density at radius 3 is 2.56 bits per heavy atom. The van der Waals surface area contributed by atoms with Crippen molar-refractivity contribution in [1.29, 1.82) is 0 Å². The van der Waals surface area contributed by atoms with Gasteiger partial charge in [0.2, 0.25) is 23.5 Å². The Balaban J connectivity index is 1.19. The Labute approximate surface area is 184 Å². The molecular weight excluding hydrogens is 404 g/mol. The predicted molar refractivity (Wildman–Crippen MR) is 121 cm³/mol. The smallest absolute Gasteiger partial charge is 0.227 e. The first-order valence-electron chi connectivity index (χ1n) is 10.3. The molecule has 158 valence electrons. The maximum atomic E-state index is 12.3. The number of hydrogen-bond donors (Lipinski definition) is 1. The minimum absolute atomic E-state index is 0.130. The van der Waals surface area contributed by atoms with Crippen LogP contribution >= 0.6 is 0 Å². The lowest BCUT2D eigenvalue weighted by molar-refractivity contribution is -0.116. The molecule has 1 amide bonds. The van der Waals surface area contributed by atoms with Gasteiger partial charge in [0.25, 0.3) is 0 Å². The van der Waals surface area contributed by atoms with Gasteiger partial charge in [0.15, 0.2) is 5.58 Å². The monoisotopic (exact) mass is 424 g/mol. The van der Waals surface area contributed by atoms with Crippen molar-refractivity contribution in [2.24, 2.45) is 0 Å². The zero-order chi connectivity index (χ0) is 21.9. The number of rotatable bonds is 6. The van der Waals surface area contributed by atoms with Crippen LogP contribution in [0.5, 0.6) is 0 Å². The highest BCUT2D eigenvalue weighted by Gasteiger charge is 2.12. The van der Waals surface area contributed by atoms with Crippen molar-refractivity contribution < 1.29 is 13.7 Å². The van der Waals surface area contributed by atoms with E-state index in [0.29, 0.717) is 29.7 Å². The van der Waals surface area contributed by atoms with Crippen LogP contribution in [0.1, 0.15) is 17.9 Å². The molecule has 7 nitrogen and oxygen atoms in total. The van der Waals surface area contributed by atoms with Crippen molar-refractivity contribution in [1.82, 2.24) is 15.1 Å². The maximum Gasteiger partial charge on any atom is 0.227 e. The van der Waals surface area contributed by atoms with E-state index in [-0.39, 0.29) is 12.3 Å². The SMILES string of the molecule is Cc1ccc2oc(-c3ccc(NC(=O)CCc4nc(-c5ccccc5)no4)cc3)nc2c1. The van der Waals surface area contributed by atoms with Gasteiger partial charge in [-0.3, -0.25) is 4.79 Å². The van der Waals surface area contributed by atoms with Crippen LogP contribution in [0, 0.1) is 6.92 Å². The topological polar surface area (TPSA) is 94.1 Å². The Kier molecular flexibility index (Phi) is 5.21. The predicted octanol–water partition coefficient (Wildman–Crippen LogP) is 5.42. The third kappa shape index (κ3) is 4.27. The number of hydrogen-bond acceptors (Lipinski definition) is 6. The number of amides is 1. The average molecular weight is 424 g/mol. The summed E-state index contributed by atoms with van der Waals surface area (Å²) >= 11 is 0. The van der Waals surface area contributed by atoms with Crippen molar-refractivity contribution in [2.75, 3.05) is 5.32 Å². The van der Waals surface area contributed by atoms with Crippen LogP contribution in [-0.4, -0.2) is 21.0 Å². The van der Waals surface area contributed by atoms with Gasteiger partial charge >= 0.3 is 0 Å². The molecule has 0 aliphatic rings. The summed E-state index contributed by atoms with van der Waals surface area (Å²) in [7, 11) is 0. The van der Waals surface area contributed by atoms with Gasteiger partial charge in [-0.05, 0) is 48.9 Å². The molecule has 2 heterocycles. The Bertz CT molecular complexity index is 1370. The summed E-state index contributed by atoms with van der Waals surface area (Å²) in [5, 5.41) is 6.86. The number of fused-ring (bicyclic) bond motifs is 1. The Hall–Kier alpha value is -4.26. The highest BCUT2D eigenvalue weighted by atomic mass is 16.5. The molecule has 2 aromatic heterocycles. The molecule has 0 fully saturated rings. The number of benzene rings is 3. The van der Waals surface area contributed by atoms with E-state index < -0.39 is 0 Å².